The number of fused-ring (bicyclic) bond motifs is 1. The molecule has 148 valence electrons. The summed E-state index contributed by atoms with van der Waals surface area (Å²) in [4.78, 5) is 41.3. The molecule has 28 heavy (non-hydrogen) atoms. The van der Waals surface area contributed by atoms with E-state index in [0.717, 1.165) is 23.4 Å². The second kappa shape index (κ2) is 7.50. The fourth-order valence-electron chi connectivity index (χ4n) is 3.76. The Morgan fingerprint density at radius 2 is 1.96 bits per heavy atom. The van der Waals surface area contributed by atoms with Crippen molar-refractivity contribution < 1.29 is 19.1 Å². The topological polar surface area (TPSA) is 91.5 Å². The van der Waals surface area contributed by atoms with E-state index in [-0.39, 0.29) is 11.7 Å². The Labute approximate surface area is 164 Å². The van der Waals surface area contributed by atoms with E-state index in [4.69, 9.17) is 4.74 Å². The van der Waals surface area contributed by atoms with Crippen LogP contribution in [0.3, 0.4) is 0 Å². The van der Waals surface area contributed by atoms with Crippen molar-refractivity contribution in [3.05, 3.63) is 46.3 Å². The molecule has 2 aromatic rings. The van der Waals surface area contributed by atoms with Crippen molar-refractivity contribution in [1.82, 2.24) is 4.98 Å². The first-order valence-corrected chi connectivity index (χ1v) is 9.23. The summed E-state index contributed by atoms with van der Waals surface area (Å²) in [6.45, 7) is 7.51. The summed E-state index contributed by atoms with van der Waals surface area (Å²) < 4.78 is 4.80. The van der Waals surface area contributed by atoms with Gasteiger partial charge in [-0.2, -0.15) is 0 Å². The number of aryl methyl sites for hydroxylation is 1. The maximum absolute atomic E-state index is 12.9. The quantitative estimate of drug-likeness (QED) is 0.612. The molecule has 1 amide bonds. The van der Waals surface area contributed by atoms with Gasteiger partial charge in [0.1, 0.15) is 0 Å². The van der Waals surface area contributed by atoms with Gasteiger partial charge in [0.2, 0.25) is 11.7 Å². The number of ketones is 1. The Hall–Kier alpha value is -3.09. The highest BCUT2D eigenvalue weighted by Crippen LogP contribution is 2.31. The number of carbonyl (C=O) groups is 3. The molecule has 0 radical (unpaired) electrons. The van der Waals surface area contributed by atoms with Crippen LogP contribution < -0.4 is 10.2 Å². The molecule has 1 aromatic carbocycles. The van der Waals surface area contributed by atoms with E-state index >= 15 is 0 Å². The normalized spacial score (nSPS) is 13.8. The van der Waals surface area contributed by atoms with Crippen LogP contribution in [0.25, 0.3) is 0 Å². The minimum atomic E-state index is -0.495. The number of hydrogen-bond donors (Lipinski definition) is 2. The number of ether oxygens (including phenoxy) is 1. The minimum absolute atomic E-state index is 0.0296. The van der Waals surface area contributed by atoms with Crippen LogP contribution >= 0.6 is 0 Å². The highest BCUT2D eigenvalue weighted by atomic mass is 16.5. The maximum Gasteiger partial charge on any atom is 0.339 e. The molecule has 0 aliphatic carbocycles. The van der Waals surface area contributed by atoms with Gasteiger partial charge in [-0.25, -0.2) is 4.79 Å². The lowest BCUT2D eigenvalue weighted by Gasteiger charge is -2.17. The number of H-pyrrole nitrogens is 1. The van der Waals surface area contributed by atoms with Crippen LogP contribution in [0.5, 0.6) is 0 Å². The van der Waals surface area contributed by atoms with Crippen molar-refractivity contribution in [3.63, 3.8) is 0 Å². The molecule has 7 heteroatoms. The highest BCUT2D eigenvalue weighted by Gasteiger charge is 2.26. The number of benzene rings is 1. The lowest BCUT2D eigenvalue weighted by atomic mass is 10.0. The fraction of sp³-hybridized carbons (Fsp3) is 0.381. The van der Waals surface area contributed by atoms with Crippen LogP contribution in [0.15, 0.2) is 18.2 Å². The van der Waals surface area contributed by atoms with E-state index in [1.54, 1.807) is 32.6 Å². The lowest BCUT2D eigenvalue weighted by Crippen LogP contribution is -2.27. The number of hydrogen-bond acceptors (Lipinski definition) is 5. The van der Waals surface area contributed by atoms with Crippen LogP contribution in [-0.2, 0) is 16.0 Å². The number of methoxy groups -OCH3 is 1. The Balaban J connectivity index is 1.79. The fourth-order valence-corrected chi connectivity index (χ4v) is 3.76. The second-order valence-electron chi connectivity index (χ2n) is 7.11. The molecule has 1 aliphatic heterocycles. The summed E-state index contributed by atoms with van der Waals surface area (Å²) in [5, 5.41) is 3.22. The number of esters is 1. The van der Waals surface area contributed by atoms with E-state index in [1.165, 1.54) is 7.11 Å². The zero-order valence-corrected chi connectivity index (χ0v) is 16.8. The predicted octanol–water partition coefficient (Wildman–Crippen LogP) is 3.01. The first-order valence-electron chi connectivity index (χ1n) is 9.23. The van der Waals surface area contributed by atoms with E-state index in [9.17, 15) is 14.4 Å². The molecule has 1 aliphatic rings. The van der Waals surface area contributed by atoms with Crippen LogP contribution in [0.4, 0.5) is 11.4 Å². The number of carbonyl (C=O) groups excluding carboxylic acids is 3. The first kappa shape index (κ1) is 19.7. The van der Waals surface area contributed by atoms with Gasteiger partial charge in [0.25, 0.3) is 0 Å². The SMILES string of the molecule is COC(=O)c1c(C)[nH]c(C(=O)C(C)Nc2ccc3c(c2)CCN3C(C)=O)c1C. The highest BCUT2D eigenvalue weighted by molar-refractivity contribution is 6.04. The van der Waals surface area contributed by atoms with E-state index in [1.807, 2.05) is 18.2 Å². The molecule has 2 heterocycles. The third-order valence-electron chi connectivity index (χ3n) is 5.21. The first-order chi connectivity index (χ1) is 13.2. The summed E-state index contributed by atoms with van der Waals surface area (Å²) in [6.07, 6.45) is 0.796. The lowest BCUT2D eigenvalue weighted by molar-refractivity contribution is -0.116. The number of rotatable bonds is 5. The van der Waals surface area contributed by atoms with Gasteiger partial charge < -0.3 is 19.9 Å². The number of aromatic nitrogens is 1. The largest absolute Gasteiger partial charge is 0.465 e. The number of amides is 1. The van der Waals surface area contributed by atoms with Crippen LogP contribution in [0.1, 0.15) is 51.5 Å². The molecular weight excluding hydrogens is 358 g/mol. The number of nitrogens with one attached hydrogen (secondary N) is 2. The number of aromatic amines is 1. The van der Waals surface area contributed by atoms with Gasteiger partial charge in [-0.15, -0.1) is 0 Å². The molecule has 0 saturated carbocycles. The minimum Gasteiger partial charge on any atom is -0.465 e. The summed E-state index contributed by atoms with van der Waals surface area (Å²) in [5.41, 5.74) is 4.84. The van der Waals surface area contributed by atoms with Gasteiger partial charge >= 0.3 is 5.97 Å². The standard InChI is InChI=1S/C21H25N3O4/c1-11-18(21(27)28-5)12(2)23-19(11)20(26)13(3)22-16-6-7-17-15(10-16)8-9-24(17)14(4)25/h6-7,10,13,22-23H,8-9H2,1-5H3. The smallest absolute Gasteiger partial charge is 0.339 e. The van der Waals surface area contributed by atoms with Gasteiger partial charge in [0.15, 0.2) is 0 Å². The average Bonchev–Trinajstić information content (AvgIpc) is 3.20. The van der Waals surface area contributed by atoms with Crippen LogP contribution in [0.2, 0.25) is 0 Å². The molecule has 1 unspecified atom stereocenters. The zero-order chi connectivity index (χ0) is 20.6. The van der Waals surface area contributed by atoms with Gasteiger partial charge in [0, 0.05) is 30.5 Å². The zero-order valence-electron chi connectivity index (χ0n) is 16.8. The van der Waals surface area contributed by atoms with E-state index < -0.39 is 12.0 Å². The second-order valence-corrected chi connectivity index (χ2v) is 7.11. The molecular formula is C21H25N3O4. The summed E-state index contributed by atoms with van der Waals surface area (Å²) in [5.74, 6) is -0.567. The van der Waals surface area contributed by atoms with Crippen molar-refractivity contribution in [1.29, 1.82) is 0 Å². The molecule has 0 spiro atoms. The van der Waals surface area contributed by atoms with Crippen molar-refractivity contribution in [3.8, 4) is 0 Å². The Morgan fingerprint density at radius 3 is 2.61 bits per heavy atom. The molecule has 7 nitrogen and oxygen atoms in total. The summed E-state index contributed by atoms with van der Waals surface area (Å²) >= 11 is 0. The van der Waals surface area contributed by atoms with Crippen LogP contribution in [0, 0.1) is 13.8 Å². The molecule has 0 bridgehead atoms. The summed E-state index contributed by atoms with van der Waals surface area (Å²) in [7, 11) is 1.32. The Bertz CT molecular complexity index is 961. The average molecular weight is 383 g/mol. The van der Waals surface area contributed by atoms with Gasteiger partial charge in [-0.1, -0.05) is 0 Å². The number of nitrogens with zero attached hydrogens (tertiary/aromatic N) is 1. The molecule has 0 fully saturated rings. The van der Waals surface area contributed by atoms with Gasteiger partial charge in [0.05, 0.1) is 24.4 Å². The molecule has 1 atom stereocenters. The monoisotopic (exact) mass is 383 g/mol. The molecule has 0 saturated heterocycles. The van der Waals surface area contributed by atoms with Crippen molar-refractivity contribution >= 4 is 29.0 Å². The third-order valence-corrected chi connectivity index (χ3v) is 5.21. The Kier molecular flexibility index (Phi) is 5.27. The third kappa shape index (κ3) is 3.40. The van der Waals surface area contributed by atoms with E-state index in [2.05, 4.69) is 10.3 Å². The van der Waals surface area contributed by atoms with Crippen LogP contribution in [-0.4, -0.2) is 42.3 Å². The van der Waals surface area contributed by atoms with E-state index in [0.29, 0.717) is 29.1 Å². The Morgan fingerprint density at radius 1 is 1.25 bits per heavy atom. The molecule has 1 aromatic heterocycles. The van der Waals surface area contributed by atoms with Crippen molar-refractivity contribution in [2.45, 2.75) is 40.2 Å². The summed E-state index contributed by atoms with van der Waals surface area (Å²) in [6, 6.07) is 5.26. The van der Waals surface area contributed by atoms with Crippen molar-refractivity contribution in [2.75, 3.05) is 23.9 Å². The van der Waals surface area contributed by atoms with Gasteiger partial charge in [-0.05, 0) is 56.5 Å². The maximum atomic E-state index is 12.9. The molecule has 2 N–H and O–H groups in total. The molecule has 3 rings (SSSR count). The van der Waals surface area contributed by atoms with Crippen molar-refractivity contribution in [2.24, 2.45) is 0 Å². The predicted molar refractivity (Wildman–Crippen MR) is 107 cm³/mol. The number of Topliss-reactive ketones (excluding diaryl/α,β-unsaturated/α-hetero) is 1. The van der Waals surface area contributed by atoms with Gasteiger partial charge in [-0.3, -0.25) is 9.59 Å². The number of anilines is 2.